The maximum atomic E-state index is 11.6. The number of benzene rings is 1. The molecular formula is C25H34O3. The molecule has 152 valence electrons. The monoisotopic (exact) mass is 382 g/mol. The zero-order valence-corrected chi connectivity index (χ0v) is 16.9. The Kier molecular flexibility index (Phi) is 8.35. The van der Waals surface area contributed by atoms with Gasteiger partial charge in [0.1, 0.15) is 6.10 Å². The third-order valence-electron chi connectivity index (χ3n) is 5.78. The van der Waals surface area contributed by atoms with E-state index in [0.29, 0.717) is 6.42 Å². The average molecular weight is 383 g/mol. The first-order valence-electron chi connectivity index (χ1n) is 11.1. The first-order valence-corrected chi connectivity index (χ1v) is 11.1. The molecule has 1 saturated heterocycles. The number of esters is 1. The SMILES string of the molecule is O=C1CC(O)CC(/C=C/c2ccccc2/C2=C\CCCCCCCCCC2)O1. The quantitative estimate of drug-likeness (QED) is 0.646. The van der Waals surface area contributed by atoms with Gasteiger partial charge in [-0.2, -0.15) is 0 Å². The summed E-state index contributed by atoms with van der Waals surface area (Å²) in [4.78, 5) is 11.6. The van der Waals surface area contributed by atoms with E-state index in [4.69, 9.17) is 4.74 Å². The van der Waals surface area contributed by atoms with Gasteiger partial charge in [0.05, 0.1) is 12.5 Å². The van der Waals surface area contributed by atoms with Gasteiger partial charge in [0.15, 0.2) is 0 Å². The Morgan fingerprint density at radius 1 is 0.964 bits per heavy atom. The lowest BCUT2D eigenvalue weighted by Gasteiger charge is -2.23. The molecule has 1 N–H and O–H groups in total. The summed E-state index contributed by atoms with van der Waals surface area (Å²) < 4.78 is 5.36. The number of rotatable bonds is 3. The van der Waals surface area contributed by atoms with E-state index in [0.717, 1.165) is 18.4 Å². The van der Waals surface area contributed by atoms with Crippen LogP contribution in [0.2, 0.25) is 0 Å². The molecule has 2 aliphatic rings. The van der Waals surface area contributed by atoms with E-state index in [1.165, 1.54) is 62.5 Å². The van der Waals surface area contributed by atoms with Crippen molar-refractivity contribution in [3.63, 3.8) is 0 Å². The Morgan fingerprint density at radius 2 is 1.68 bits per heavy atom. The van der Waals surface area contributed by atoms with Crippen LogP contribution in [0.1, 0.15) is 88.2 Å². The lowest BCUT2D eigenvalue weighted by atomic mass is 9.92. The molecular weight excluding hydrogens is 348 g/mol. The van der Waals surface area contributed by atoms with Crippen LogP contribution in [0.3, 0.4) is 0 Å². The average Bonchev–Trinajstić information content (AvgIpc) is 2.66. The third kappa shape index (κ3) is 6.63. The molecule has 1 aliphatic heterocycles. The highest BCUT2D eigenvalue weighted by atomic mass is 16.5. The van der Waals surface area contributed by atoms with Crippen molar-refractivity contribution in [1.29, 1.82) is 0 Å². The fourth-order valence-electron chi connectivity index (χ4n) is 4.22. The highest BCUT2D eigenvalue weighted by molar-refractivity contribution is 5.75. The minimum Gasteiger partial charge on any atom is -0.458 e. The highest BCUT2D eigenvalue weighted by Gasteiger charge is 2.25. The molecule has 0 radical (unpaired) electrons. The number of aliphatic hydroxyl groups excluding tert-OH is 1. The zero-order valence-electron chi connectivity index (χ0n) is 16.9. The van der Waals surface area contributed by atoms with E-state index < -0.39 is 6.10 Å². The van der Waals surface area contributed by atoms with Gasteiger partial charge >= 0.3 is 5.97 Å². The normalized spacial score (nSPS) is 27.3. The molecule has 1 aromatic rings. The number of aliphatic hydroxyl groups is 1. The van der Waals surface area contributed by atoms with Crippen molar-refractivity contribution in [2.75, 3.05) is 0 Å². The first kappa shape index (κ1) is 20.9. The maximum Gasteiger partial charge on any atom is 0.309 e. The number of hydrogen-bond donors (Lipinski definition) is 1. The number of carbonyl (C=O) groups is 1. The lowest BCUT2D eigenvalue weighted by Crippen LogP contribution is -2.31. The summed E-state index contributed by atoms with van der Waals surface area (Å²) in [6, 6.07) is 8.50. The molecule has 1 aromatic carbocycles. The van der Waals surface area contributed by atoms with Crippen molar-refractivity contribution < 1.29 is 14.6 Å². The molecule has 3 rings (SSSR count). The summed E-state index contributed by atoms with van der Waals surface area (Å²) in [5.74, 6) is -0.316. The summed E-state index contributed by atoms with van der Waals surface area (Å²) in [6.07, 6.45) is 19.0. The minimum atomic E-state index is -0.597. The summed E-state index contributed by atoms with van der Waals surface area (Å²) in [5.41, 5.74) is 3.90. The second-order valence-corrected chi connectivity index (χ2v) is 8.16. The predicted molar refractivity (Wildman–Crippen MR) is 115 cm³/mol. The van der Waals surface area contributed by atoms with Gasteiger partial charge in [0.25, 0.3) is 0 Å². The van der Waals surface area contributed by atoms with E-state index >= 15 is 0 Å². The Hall–Kier alpha value is -1.87. The van der Waals surface area contributed by atoms with Crippen LogP contribution in [0.15, 0.2) is 36.4 Å². The molecule has 1 fully saturated rings. The van der Waals surface area contributed by atoms with Crippen molar-refractivity contribution >= 4 is 17.6 Å². The summed E-state index contributed by atoms with van der Waals surface area (Å²) in [7, 11) is 0. The number of cyclic esters (lactones) is 1. The number of hydrogen-bond acceptors (Lipinski definition) is 3. The lowest BCUT2D eigenvalue weighted by molar-refractivity contribution is -0.156. The molecule has 1 heterocycles. The zero-order chi connectivity index (χ0) is 19.6. The van der Waals surface area contributed by atoms with Crippen LogP contribution < -0.4 is 0 Å². The van der Waals surface area contributed by atoms with Gasteiger partial charge < -0.3 is 9.84 Å². The van der Waals surface area contributed by atoms with Gasteiger partial charge in [-0.1, -0.05) is 74.9 Å². The van der Waals surface area contributed by atoms with Crippen molar-refractivity contribution in [2.45, 2.75) is 89.3 Å². The topological polar surface area (TPSA) is 46.5 Å². The van der Waals surface area contributed by atoms with E-state index in [9.17, 15) is 9.90 Å². The molecule has 28 heavy (non-hydrogen) atoms. The first-order chi connectivity index (χ1) is 13.7. The van der Waals surface area contributed by atoms with Crippen molar-refractivity contribution in [1.82, 2.24) is 0 Å². The molecule has 2 atom stereocenters. The molecule has 1 aliphatic carbocycles. The Labute approximate surface area is 169 Å². The highest BCUT2D eigenvalue weighted by Crippen LogP contribution is 2.28. The van der Waals surface area contributed by atoms with Crippen LogP contribution in [0.4, 0.5) is 0 Å². The van der Waals surface area contributed by atoms with Crippen LogP contribution in [0, 0.1) is 0 Å². The fourth-order valence-corrected chi connectivity index (χ4v) is 4.22. The summed E-state index contributed by atoms with van der Waals surface area (Å²) in [5, 5.41) is 9.81. The van der Waals surface area contributed by atoms with Gasteiger partial charge in [-0.05, 0) is 48.5 Å². The van der Waals surface area contributed by atoms with E-state index in [1.54, 1.807) is 0 Å². The second-order valence-electron chi connectivity index (χ2n) is 8.16. The smallest absolute Gasteiger partial charge is 0.309 e. The van der Waals surface area contributed by atoms with Gasteiger partial charge in [-0.3, -0.25) is 4.79 Å². The van der Waals surface area contributed by atoms with Gasteiger partial charge in [0, 0.05) is 6.42 Å². The molecule has 0 spiro atoms. The minimum absolute atomic E-state index is 0.105. The van der Waals surface area contributed by atoms with Crippen molar-refractivity contribution in [3.05, 3.63) is 47.5 Å². The standard InChI is InChI=1S/C25H34O3/c26-22-18-23(28-25(27)19-22)17-16-21-14-10-11-15-24(21)20-12-8-6-4-2-1-3-5-7-9-13-20/h10-12,14-17,22-23,26H,1-9,13,18-19H2/b17-16+,20-12-. The number of allylic oxidation sites excluding steroid dienone is 2. The van der Waals surface area contributed by atoms with E-state index in [2.05, 4.69) is 36.4 Å². The van der Waals surface area contributed by atoms with Gasteiger partial charge in [0.2, 0.25) is 0 Å². The van der Waals surface area contributed by atoms with Crippen molar-refractivity contribution in [3.8, 4) is 0 Å². The van der Waals surface area contributed by atoms with Crippen molar-refractivity contribution in [2.24, 2.45) is 0 Å². The summed E-state index contributed by atoms with van der Waals surface area (Å²) >= 11 is 0. The van der Waals surface area contributed by atoms with E-state index in [-0.39, 0.29) is 18.5 Å². The molecule has 2 unspecified atom stereocenters. The molecule has 0 amide bonds. The second kappa shape index (κ2) is 11.2. The van der Waals surface area contributed by atoms with Gasteiger partial charge in [-0.15, -0.1) is 0 Å². The van der Waals surface area contributed by atoms with Gasteiger partial charge in [-0.25, -0.2) is 0 Å². The van der Waals surface area contributed by atoms with Crippen LogP contribution >= 0.6 is 0 Å². The third-order valence-corrected chi connectivity index (χ3v) is 5.78. The maximum absolute atomic E-state index is 11.6. The number of ether oxygens (including phenoxy) is 1. The summed E-state index contributed by atoms with van der Waals surface area (Å²) in [6.45, 7) is 0. The molecule has 0 bridgehead atoms. The molecule has 0 aromatic heterocycles. The largest absolute Gasteiger partial charge is 0.458 e. The number of carbonyl (C=O) groups excluding carboxylic acids is 1. The van der Waals surface area contributed by atoms with Crippen LogP contribution in [0.5, 0.6) is 0 Å². The van der Waals surface area contributed by atoms with E-state index in [1.807, 2.05) is 6.08 Å². The molecule has 3 nitrogen and oxygen atoms in total. The Bertz CT molecular complexity index is 689. The van der Waals surface area contributed by atoms with Crippen LogP contribution in [0.25, 0.3) is 11.6 Å². The van der Waals surface area contributed by atoms with Crippen LogP contribution in [-0.2, 0) is 9.53 Å². The Morgan fingerprint density at radius 3 is 2.46 bits per heavy atom. The van der Waals surface area contributed by atoms with Crippen LogP contribution in [-0.4, -0.2) is 23.3 Å². The predicted octanol–water partition coefficient (Wildman–Crippen LogP) is 6.06. The fraction of sp³-hybridized carbons (Fsp3) is 0.560. The molecule has 0 saturated carbocycles. The molecule has 3 heteroatoms. The Balaban J connectivity index is 1.75.